The Bertz CT molecular complexity index is 2180. The smallest absolute Gasteiger partial charge is 0.301 e. The second-order valence-corrected chi connectivity index (χ2v) is 13.9. The number of rotatable bonds is 9. The summed E-state index contributed by atoms with van der Waals surface area (Å²) in [4.78, 5) is 28.6. The Hall–Kier alpha value is -4.96. The minimum atomic E-state index is -0.942. The molecule has 6 aromatic rings. The van der Waals surface area contributed by atoms with E-state index < -0.39 is 17.7 Å². The number of ether oxygens (including phenoxy) is 1. The van der Waals surface area contributed by atoms with Gasteiger partial charge in [0.25, 0.3) is 5.78 Å². The molecule has 0 aliphatic carbocycles. The Kier molecular flexibility index (Phi) is 8.99. The fourth-order valence-electron chi connectivity index (χ4n) is 5.70. The van der Waals surface area contributed by atoms with Gasteiger partial charge in [-0.15, -0.1) is 10.2 Å². The summed E-state index contributed by atoms with van der Waals surface area (Å²) < 4.78 is 6.61. The SMILES string of the molecule is Cc1ccccc1COc1ccc(/C(O)=C2\C(=O)C(=O)N(c3nnc(SCc4cccc5ccccc45)s3)C2c2ccc(Cl)cc2)cc1. The summed E-state index contributed by atoms with van der Waals surface area (Å²) in [5, 5.41) is 23.3. The number of aliphatic hydroxyl groups is 1. The number of ketones is 1. The monoisotopic (exact) mass is 689 g/mol. The average Bonchev–Trinajstić information content (AvgIpc) is 3.68. The van der Waals surface area contributed by atoms with Crippen LogP contribution in [-0.4, -0.2) is 27.0 Å². The topological polar surface area (TPSA) is 92.6 Å². The van der Waals surface area contributed by atoms with Crippen LogP contribution in [0.5, 0.6) is 5.75 Å². The highest BCUT2D eigenvalue weighted by Crippen LogP contribution is 2.44. The van der Waals surface area contributed by atoms with E-state index in [0.717, 1.165) is 27.5 Å². The highest BCUT2D eigenvalue weighted by Gasteiger charge is 2.48. The van der Waals surface area contributed by atoms with Crippen LogP contribution in [0.3, 0.4) is 0 Å². The molecule has 48 heavy (non-hydrogen) atoms. The number of benzene rings is 5. The van der Waals surface area contributed by atoms with Crippen LogP contribution in [0.15, 0.2) is 125 Å². The van der Waals surface area contributed by atoms with Gasteiger partial charge >= 0.3 is 5.91 Å². The molecule has 1 atom stereocenters. The molecule has 238 valence electrons. The van der Waals surface area contributed by atoms with Gasteiger partial charge < -0.3 is 9.84 Å². The van der Waals surface area contributed by atoms with Crippen molar-refractivity contribution >= 4 is 68.1 Å². The molecule has 1 N–H and O–H groups in total. The average molecular weight is 690 g/mol. The summed E-state index contributed by atoms with van der Waals surface area (Å²) in [6.45, 7) is 2.42. The Balaban J connectivity index is 1.18. The molecule has 1 unspecified atom stereocenters. The van der Waals surface area contributed by atoms with E-state index in [1.54, 1.807) is 48.5 Å². The predicted molar refractivity (Wildman–Crippen MR) is 192 cm³/mol. The largest absolute Gasteiger partial charge is 0.507 e. The van der Waals surface area contributed by atoms with Gasteiger partial charge in [0.05, 0.1) is 11.6 Å². The molecule has 0 spiro atoms. The number of aliphatic hydroxyl groups excluding tert-OH is 1. The number of amides is 1. The second kappa shape index (κ2) is 13.6. The van der Waals surface area contributed by atoms with Crippen LogP contribution in [0.4, 0.5) is 5.13 Å². The summed E-state index contributed by atoms with van der Waals surface area (Å²) in [7, 11) is 0. The van der Waals surface area contributed by atoms with E-state index in [-0.39, 0.29) is 16.5 Å². The van der Waals surface area contributed by atoms with Gasteiger partial charge in [-0.25, -0.2) is 0 Å². The molecule has 1 aliphatic rings. The van der Waals surface area contributed by atoms with Crippen molar-refractivity contribution in [2.75, 3.05) is 4.90 Å². The lowest BCUT2D eigenvalue weighted by atomic mass is 9.95. The summed E-state index contributed by atoms with van der Waals surface area (Å²) in [6, 6.07) is 35.1. The standard InChI is InChI=1S/C38H28ClN3O4S2/c1-23-7-2-3-9-27(23)21-46-30-19-15-26(16-20-30)34(43)32-33(25-13-17-29(39)18-14-25)42(36(45)35(32)44)37-40-41-38(48-37)47-22-28-11-6-10-24-8-4-5-12-31(24)28/h2-20,33,43H,21-22H2,1H3/b34-32+. The van der Waals surface area contributed by atoms with Gasteiger partial charge in [-0.2, -0.15) is 0 Å². The zero-order valence-corrected chi connectivity index (χ0v) is 28.1. The highest BCUT2D eigenvalue weighted by atomic mass is 35.5. The molecule has 1 aliphatic heterocycles. The number of nitrogens with zero attached hydrogens (tertiary/aromatic N) is 3. The molecule has 5 aromatic carbocycles. The first-order valence-electron chi connectivity index (χ1n) is 15.1. The van der Waals surface area contributed by atoms with Crippen molar-refractivity contribution in [1.82, 2.24) is 10.2 Å². The van der Waals surface area contributed by atoms with E-state index in [4.69, 9.17) is 16.3 Å². The van der Waals surface area contributed by atoms with Crippen molar-refractivity contribution in [2.45, 2.75) is 29.7 Å². The first-order chi connectivity index (χ1) is 23.4. The Morgan fingerprint density at radius 1 is 0.875 bits per heavy atom. The van der Waals surface area contributed by atoms with Crippen molar-refractivity contribution in [3.05, 3.63) is 154 Å². The van der Waals surface area contributed by atoms with Crippen molar-refractivity contribution in [1.29, 1.82) is 0 Å². The minimum Gasteiger partial charge on any atom is -0.507 e. The second-order valence-electron chi connectivity index (χ2n) is 11.2. The van der Waals surface area contributed by atoms with Gasteiger partial charge in [0.1, 0.15) is 18.1 Å². The quantitative estimate of drug-likeness (QED) is 0.0532. The van der Waals surface area contributed by atoms with E-state index >= 15 is 0 Å². The molecule has 1 amide bonds. The van der Waals surface area contributed by atoms with E-state index in [1.807, 2.05) is 49.4 Å². The lowest BCUT2D eigenvalue weighted by Gasteiger charge is -2.22. The number of hydrogen-bond acceptors (Lipinski definition) is 8. The van der Waals surface area contributed by atoms with Gasteiger partial charge in [0.15, 0.2) is 4.34 Å². The summed E-state index contributed by atoms with van der Waals surface area (Å²) in [5.74, 6) is -0.646. The number of anilines is 1. The van der Waals surface area contributed by atoms with Gasteiger partial charge in [-0.05, 0) is 76.3 Å². The van der Waals surface area contributed by atoms with Crippen molar-refractivity contribution in [3.8, 4) is 5.75 Å². The maximum atomic E-state index is 13.7. The van der Waals surface area contributed by atoms with Crippen LogP contribution >= 0.6 is 34.7 Å². The number of hydrogen-bond donors (Lipinski definition) is 1. The van der Waals surface area contributed by atoms with Gasteiger partial charge in [0.2, 0.25) is 5.13 Å². The van der Waals surface area contributed by atoms with Crippen LogP contribution < -0.4 is 9.64 Å². The third-order valence-electron chi connectivity index (χ3n) is 8.25. The fraction of sp³-hybridized carbons (Fsp3) is 0.105. The first kappa shape index (κ1) is 31.6. The van der Waals surface area contributed by atoms with E-state index in [0.29, 0.717) is 38.6 Å². The molecular weight excluding hydrogens is 662 g/mol. The van der Waals surface area contributed by atoms with Crippen LogP contribution in [0.2, 0.25) is 5.02 Å². The Morgan fingerprint density at radius 2 is 1.58 bits per heavy atom. The fourth-order valence-corrected chi connectivity index (χ4v) is 7.70. The number of halogens is 1. The number of carbonyl (C=O) groups is 2. The lowest BCUT2D eigenvalue weighted by Crippen LogP contribution is -2.29. The molecule has 1 fully saturated rings. The molecule has 1 saturated heterocycles. The number of aryl methyl sites for hydroxylation is 1. The van der Waals surface area contributed by atoms with Crippen molar-refractivity contribution in [2.24, 2.45) is 0 Å². The number of aromatic nitrogens is 2. The van der Waals surface area contributed by atoms with Gasteiger partial charge in [0, 0.05) is 16.3 Å². The highest BCUT2D eigenvalue weighted by molar-refractivity contribution is 8.00. The normalized spacial score (nSPS) is 15.7. The van der Waals surface area contributed by atoms with Crippen LogP contribution in [0.1, 0.15) is 33.9 Å². The third kappa shape index (κ3) is 6.32. The van der Waals surface area contributed by atoms with Crippen LogP contribution in [0.25, 0.3) is 16.5 Å². The molecule has 7 nitrogen and oxygen atoms in total. The number of fused-ring (bicyclic) bond motifs is 1. The van der Waals surface area contributed by atoms with E-state index in [9.17, 15) is 14.7 Å². The molecule has 1 aromatic heterocycles. The maximum Gasteiger partial charge on any atom is 0.301 e. The number of Topliss-reactive ketones (excluding diaryl/α,β-unsaturated/α-hetero) is 1. The summed E-state index contributed by atoms with van der Waals surface area (Å²) >= 11 is 8.93. The third-order valence-corrected chi connectivity index (χ3v) is 10.6. The van der Waals surface area contributed by atoms with Crippen LogP contribution in [-0.2, 0) is 21.9 Å². The Labute approximate surface area is 290 Å². The molecule has 0 saturated carbocycles. The molecule has 0 radical (unpaired) electrons. The zero-order chi connectivity index (χ0) is 33.2. The minimum absolute atomic E-state index is 0.0453. The Morgan fingerprint density at radius 3 is 2.38 bits per heavy atom. The molecule has 2 heterocycles. The van der Waals surface area contributed by atoms with Crippen molar-refractivity contribution < 1.29 is 19.4 Å². The molecule has 0 bridgehead atoms. The molecule has 7 rings (SSSR count). The lowest BCUT2D eigenvalue weighted by molar-refractivity contribution is -0.132. The van der Waals surface area contributed by atoms with E-state index in [2.05, 4.69) is 34.5 Å². The molecule has 10 heteroatoms. The van der Waals surface area contributed by atoms with Crippen molar-refractivity contribution in [3.63, 3.8) is 0 Å². The van der Waals surface area contributed by atoms with Crippen LogP contribution in [0, 0.1) is 6.92 Å². The first-order valence-corrected chi connectivity index (χ1v) is 17.3. The molecular formula is C38H28ClN3O4S2. The van der Waals surface area contributed by atoms with Gasteiger partial charge in [-0.3, -0.25) is 14.5 Å². The number of thioether (sulfide) groups is 1. The predicted octanol–water partition coefficient (Wildman–Crippen LogP) is 9.15. The maximum absolute atomic E-state index is 13.7. The van der Waals surface area contributed by atoms with E-state index in [1.165, 1.54) is 28.0 Å². The summed E-state index contributed by atoms with van der Waals surface area (Å²) in [6.07, 6.45) is 0. The number of carbonyl (C=O) groups excluding carboxylic acids is 2. The van der Waals surface area contributed by atoms with Gasteiger partial charge in [-0.1, -0.05) is 114 Å². The summed E-state index contributed by atoms with van der Waals surface area (Å²) in [5.41, 5.74) is 4.28. The zero-order valence-electron chi connectivity index (χ0n) is 25.7.